The number of halogens is 1. The third-order valence-corrected chi connectivity index (χ3v) is 8.29. The SMILES string of the molecule is Cc1ccc(S(=O)(=O)c2nnn3c2nc(N[C@@H](C)CCc2ccccc2)c2cc(Cl)ccc23)cc1C. The van der Waals surface area contributed by atoms with Gasteiger partial charge in [-0.05, 0) is 80.6 Å². The van der Waals surface area contributed by atoms with Crippen LogP contribution in [-0.4, -0.2) is 34.3 Å². The molecule has 2 aromatic heterocycles. The van der Waals surface area contributed by atoms with Crippen LogP contribution in [0.1, 0.15) is 30.0 Å². The van der Waals surface area contributed by atoms with E-state index in [1.54, 1.807) is 36.4 Å². The number of rotatable bonds is 7. The molecule has 36 heavy (non-hydrogen) atoms. The first-order valence-corrected chi connectivity index (χ1v) is 13.6. The molecule has 2 heterocycles. The van der Waals surface area contributed by atoms with Crippen molar-refractivity contribution < 1.29 is 8.42 Å². The van der Waals surface area contributed by atoms with Crippen LogP contribution >= 0.6 is 11.6 Å². The number of hydrogen-bond acceptors (Lipinski definition) is 6. The molecule has 7 nitrogen and oxygen atoms in total. The van der Waals surface area contributed by atoms with Crippen LogP contribution in [0.15, 0.2) is 76.7 Å². The molecule has 0 aliphatic heterocycles. The molecule has 5 aromatic rings. The lowest BCUT2D eigenvalue weighted by atomic mass is 10.1. The predicted molar refractivity (Wildman–Crippen MR) is 143 cm³/mol. The van der Waals surface area contributed by atoms with Gasteiger partial charge in [-0.3, -0.25) is 0 Å². The molecule has 1 N–H and O–H groups in total. The van der Waals surface area contributed by atoms with E-state index in [2.05, 4.69) is 34.7 Å². The molecule has 0 unspecified atom stereocenters. The lowest BCUT2D eigenvalue weighted by Gasteiger charge is -2.17. The molecule has 0 amide bonds. The zero-order chi connectivity index (χ0) is 25.4. The van der Waals surface area contributed by atoms with Gasteiger partial charge in [-0.15, -0.1) is 5.10 Å². The maximum absolute atomic E-state index is 13.6. The van der Waals surface area contributed by atoms with Crippen molar-refractivity contribution in [2.24, 2.45) is 0 Å². The van der Waals surface area contributed by atoms with Crippen molar-refractivity contribution in [1.82, 2.24) is 19.8 Å². The van der Waals surface area contributed by atoms with Crippen molar-refractivity contribution in [3.63, 3.8) is 0 Å². The molecule has 5 rings (SSSR count). The van der Waals surface area contributed by atoms with Gasteiger partial charge < -0.3 is 5.32 Å². The summed E-state index contributed by atoms with van der Waals surface area (Å²) in [5.41, 5.74) is 3.98. The van der Waals surface area contributed by atoms with Crippen LogP contribution in [0, 0.1) is 13.8 Å². The average Bonchev–Trinajstić information content (AvgIpc) is 3.30. The van der Waals surface area contributed by atoms with Crippen molar-refractivity contribution in [2.75, 3.05) is 5.32 Å². The fourth-order valence-electron chi connectivity index (χ4n) is 4.18. The molecular formula is C27H26ClN5O2S. The first-order valence-electron chi connectivity index (χ1n) is 11.7. The molecular weight excluding hydrogens is 494 g/mol. The Kier molecular flexibility index (Phi) is 6.40. The summed E-state index contributed by atoms with van der Waals surface area (Å²) in [7, 11) is -3.94. The largest absolute Gasteiger partial charge is 0.367 e. The van der Waals surface area contributed by atoms with Crippen molar-refractivity contribution in [2.45, 2.75) is 49.6 Å². The number of nitrogens with zero attached hydrogens (tertiary/aromatic N) is 4. The Morgan fingerprint density at radius 3 is 2.53 bits per heavy atom. The van der Waals surface area contributed by atoms with Gasteiger partial charge in [0.2, 0.25) is 14.9 Å². The number of benzene rings is 3. The maximum atomic E-state index is 13.6. The van der Waals surface area contributed by atoms with E-state index < -0.39 is 9.84 Å². The molecule has 184 valence electrons. The van der Waals surface area contributed by atoms with E-state index in [0.717, 1.165) is 29.4 Å². The van der Waals surface area contributed by atoms with Gasteiger partial charge in [0, 0.05) is 16.5 Å². The van der Waals surface area contributed by atoms with E-state index in [4.69, 9.17) is 16.6 Å². The summed E-state index contributed by atoms with van der Waals surface area (Å²) >= 11 is 6.31. The lowest BCUT2D eigenvalue weighted by molar-refractivity contribution is 0.592. The second-order valence-electron chi connectivity index (χ2n) is 9.07. The molecule has 0 spiro atoms. The van der Waals surface area contributed by atoms with Crippen molar-refractivity contribution >= 4 is 43.8 Å². The van der Waals surface area contributed by atoms with Crippen LogP contribution in [0.4, 0.5) is 5.82 Å². The second kappa shape index (κ2) is 9.52. The van der Waals surface area contributed by atoms with Crippen LogP contribution < -0.4 is 5.32 Å². The van der Waals surface area contributed by atoms with Gasteiger partial charge in [0.25, 0.3) is 0 Å². The van der Waals surface area contributed by atoms with Crippen LogP contribution in [0.2, 0.25) is 5.02 Å². The van der Waals surface area contributed by atoms with Crippen LogP contribution in [-0.2, 0) is 16.3 Å². The number of nitrogens with one attached hydrogen (secondary N) is 1. The summed E-state index contributed by atoms with van der Waals surface area (Å²) in [6.45, 7) is 5.90. The third-order valence-electron chi connectivity index (χ3n) is 6.41. The van der Waals surface area contributed by atoms with Crippen molar-refractivity contribution in [3.8, 4) is 0 Å². The minimum atomic E-state index is -3.94. The number of aromatic nitrogens is 4. The van der Waals surface area contributed by atoms with Gasteiger partial charge in [0.15, 0.2) is 5.65 Å². The number of fused-ring (bicyclic) bond motifs is 3. The van der Waals surface area contributed by atoms with Crippen molar-refractivity contribution in [3.05, 3.63) is 88.4 Å². The summed E-state index contributed by atoms with van der Waals surface area (Å²) < 4.78 is 28.6. The number of sulfone groups is 1. The Balaban J connectivity index is 1.58. The molecule has 0 aliphatic carbocycles. The van der Waals surface area contributed by atoms with Crippen LogP contribution in [0.25, 0.3) is 16.6 Å². The van der Waals surface area contributed by atoms with Gasteiger partial charge >= 0.3 is 0 Å². The third kappa shape index (κ3) is 4.54. The van der Waals surface area contributed by atoms with Gasteiger partial charge in [0.05, 0.1) is 10.4 Å². The molecule has 1 atom stereocenters. The highest BCUT2D eigenvalue weighted by Crippen LogP contribution is 2.30. The quantitative estimate of drug-likeness (QED) is 0.292. The molecule has 0 bridgehead atoms. The van der Waals surface area contributed by atoms with E-state index in [9.17, 15) is 8.42 Å². The van der Waals surface area contributed by atoms with Gasteiger partial charge in [0.1, 0.15) is 5.82 Å². The number of hydrogen-bond donors (Lipinski definition) is 1. The standard InChI is InChI=1S/C27H26ClN5O2S/c1-17-9-13-22(15-18(17)2)36(34,35)27-26-30-25(29-19(3)10-11-20-7-5-4-6-8-20)23-16-21(28)12-14-24(23)33(26)32-31-27/h4-9,12-16,19H,10-11H2,1-3H3,(H,29,30)/t19-/m0/s1. The molecule has 0 fully saturated rings. The molecule has 0 aliphatic rings. The highest BCUT2D eigenvalue weighted by Gasteiger charge is 2.27. The van der Waals surface area contributed by atoms with E-state index in [1.165, 1.54) is 10.1 Å². The minimum absolute atomic E-state index is 0.0676. The zero-order valence-electron chi connectivity index (χ0n) is 20.2. The maximum Gasteiger partial charge on any atom is 0.229 e. The molecule has 0 saturated heterocycles. The van der Waals surface area contributed by atoms with E-state index >= 15 is 0 Å². The number of aryl methyl sites for hydroxylation is 3. The highest BCUT2D eigenvalue weighted by atomic mass is 35.5. The summed E-state index contributed by atoms with van der Waals surface area (Å²) in [6, 6.07) is 20.7. The Bertz CT molecular complexity index is 1680. The fraction of sp³-hybridized carbons (Fsp3) is 0.222. The molecule has 3 aromatic carbocycles. The smallest absolute Gasteiger partial charge is 0.229 e. The normalized spacial score (nSPS) is 12.8. The van der Waals surface area contributed by atoms with Gasteiger partial charge in [-0.25, -0.2) is 13.4 Å². The van der Waals surface area contributed by atoms with Crippen LogP contribution in [0.3, 0.4) is 0 Å². The van der Waals surface area contributed by atoms with E-state index in [0.29, 0.717) is 16.4 Å². The Morgan fingerprint density at radius 1 is 1.00 bits per heavy atom. The monoisotopic (exact) mass is 519 g/mol. The Hall–Kier alpha value is -3.49. The van der Waals surface area contributed by atoms with Crippen LogP contribution in [0.5, 0.6) is 0 Å². The zero-order valence-corrected chi connectivity index (χ0v) is 21.8. The summed E-state index contributed by atoms with van der Waals surface area (Å²) in [6.07, 6.45) is 1.76. The minimum Gasteiger partial charge on any atom is -0.367 e. The topological polar surface area (TPSA) is 89.2 Å². The summed E-state index contributed by atoms with van der Waals surface area (Å²) in [4.78, 5) is 4.88. The first-order chi connectivity index (χ1) is 17.2. The second-order valence-corrected chi connectivity index (χ2v) is 11.4. The number of anilines is 1. The first kappa shape index (κ1) is 24.2. The highest BCUT2D eigenvalue weighted by molar-refractivity contribution is 7.91. The lowest BCUT2D eigenvalue weighted by Crippen LogP contribution is -2.18. The van der Waals surface area contributed by atoms with E-state index in [1.807, 2.05) is 32.0 Å². The van der Waals surface area contributed by atoms with Gasteiger partial charge in [-0.1, -0.05) is 53.2 Å². The molecule has 0 radical (unpaired) electrons. The summed E-state index contributed by atoms with van der Waals surface area (Å²) in [5, 5.41) is 12.8. The summed E-state index contributed by atoms with van der Waals surface area (Å²) in [5.74, 6) is 0.541. The Morgan fingerprint density at radius 2 is 1.78 bits per heavy atom. The fourth-order valence-corrected chi connectivity index (χ4v) is 5.67. The Labute approximate surface area is 215 Å². The van der Waals surface area contributed by atoms with E-state index in [-0.39, 0.29) is 21.6 Å². The van der Waals surface area contributed by atoms with Crippen molar-refractivity contribution in [1.29, 1.82) is 0 Å². The predicted octanol–water partition coefficient (Wildman–Crippen LogP) is 5.81. The van der Waals surface area contributed by atoms with Gasteiger partial charge in [-0.2, -0.15) is 4.52 Å². The molecule has 9 heteroatoms. The average molecular weight is 520 g/mol. The molecule has 0 saturated carbocycles.